The molecule has 0 aliphatic carbocycles. The smallest absolute Gasteiger partial charge is 0.240 e. The van der Waals surface area contributed by atoms with E-state index in [2.05, 4.69) is 4.99 Å². The topological polar surface area (TPSA) is 95.9 Å². The van der Waals surface area contributed by atoms with Gasteiger partial charge in [0.25, 0.3) is 0 Å². The number of aliphatic imine (C=N–C) groups is 1. The summed E-state index contributed by atoms with van der Waals surface area (Å²) in [6.45, 7) is 0.296. The second kappa shape index (κ2) is 6.15. The first kappa shape index (κ1) is 12.5. The molecule has 0 aliphatic heterocycles. The van der Waals surface area contributed by atoms with Crippen LogP contribution in [-0.4, -0.2) is 28.9 Å². The van der Waals surface area contributed by atoms with Crippen molar-refractivity contribution in [2.24, 2.45) is 10.7 Å². The van der Waals surface area contributed by atoms with Crippen LogP contribution >= 0.6 is 0 Å². The van der Waals surface area contributed by atoms with Gasteiger partial charge < -0.3 is 15.9 Å². The maximum Gasteiger partial charge on any atom is 0.240 e. The van der Waals surface area contributed by atoms with Crippen LogP contribution in [0.4, 0.5) is 5.69 Å². The summed E-state index contributed by atoms with van der Waals surface area (Å²) in [5.74, 6) is 0. The number of benzene rings is 1. The second-order valence-electron chi connectivity index (χ2n) is 3.39. The Morgan fingerprint density at radius 3 is 2.81 bits per heavy atom. The van der Waals surface area contributed by atoms with Crippen molar-refractivity contribution in [3.8, 4) is 0 Å². The standard InChI is InChI=1S/C11H14N2O3/c12-5-4-10(15)11(16)8-2-1-3-9(6-8)13-7-14/h1-3,6,10-11,15-16H,4-5,12H2. The summed E-state index contributed by atoms with van der Waals surface area (Å²) in [5.41, 5.74) is 6.17. The van der Waals surface area contributed by atoms with E-state index >= 15 is 0 Å². The van der Waals surface area contributed by atoms with E-state index < -0.39 is 12.2 Å². The van der Waals surface area contributed by atoms with Gasteiger partial charge in [0.15, 0.2) is 0 Å². The molecule has 2 unspecified atom stereocenters. The second-order valence-corrected chi connectivity index (χ2v) is 3.39. The summed E-state index contributed by atoms with van der Waals surface area (Å²) in [6.07, 6.45) is -0.216. The Morgan fingerprint density at radius 1 is 1.44 bits per heavy atom. The summed E-state index contributed by atoms with van der Waals surface area (Å²) < 4.78 is 0. The van der Waals surface area contributed by atoms with Gasteiger partial charge in [-0.05, 0) is 30.7 Å². The third-order valence-corrected chi connectivity index (χ3v) is 2.21. The van der Waals surface area contributed by atoms with Crippen molar-refractivity contribution in [3.05, 3.63) is 29.8 Å². The van der Waals surface area contributed by atoms with Gasteiger partial charge in [-0.3, -0.25) is 0 Å². The predicted octanol–water partition coefficient (Wildman–Crippen LogP) is 0.397. The Labute approximate surface area is 93.2 Å². The molecule has 0 aliphatic rings. The van der Waals surface area contributed by atoms with Crippen molar-refractivity contribution in [1.82, 2.24) is 0 Å². The molecule has 0 fully saturated rings. The molecule has 5 nitrogen and oxygen atoms in total. The fourth-order valence-electron chi connectivity index (χ4n) is 1.38. The van der Waals surface area contributed by atoms with Gasteiger partial charge in [0.05, 0.1) is 11.8 Å². The largest absolute Gasteiger partial charge is 0.390 e. The Hall–Kier alpha value is -1.52. The quantitative estimate of drug-likeness (QED) is 0.496. The lowest BCUT2D eigenvalue weighted by molar-refractivity contribution is 0.0150. The number of aliphatic hydroxyl groups excluding tert-OH is 2. The van der Waals surface area contributed by atoms with Crippen molar-refractivity contribution >= 4 is 11.8 Å². The van der Waals surface area contributed by atoms with Crippen LogP contribution in [0.5, 0.6) is 0 Å². The van der Waals surface area contributed by atoms with Crippen molar-refractivity contribution in [1.29, 1.82) is 0 Å². The van der Waals surface area contributed by atoms with E-state index in [-0.39, 0.29) is 0 Å². The highest BCUT2D eigenvalue weighted by atomic mass is 16.3. The first-order valence-corrected chi connectivity index (χ1v) is 4.93. The Morgan fingerprint density at radius 2 is 2.19 bits per heavy atom. The van der Waals surface area contributed by atoms with E-state index in [0.717, 1.165) is 0 Å². The molecule has 4 N–H and O–H groups in total. The van der Waals surface area contributed by atoms with Crippen LogP contribution in [0.2, 0.25) is 0 Å². The average Bonchev–Trinajstić information content (AvgIpc) is 2.29. The minimum Gasteiger partial charge on any atom is -0.390 e. The molecule has 2 atom stereocenters. The Balaban J connectivity index is 2.86. The van der Waals surface area contributed by atoms with Gasteiger partial charge in [-0.15, -0.1) is 0 Å². The minimum absolute atomic E-state index is 0.296. The molecule has 0 bridgehead atoms. The van der Waals surface area contributed by atoms with Gasteiger partial charge in [-0.25, -0.2) is 4.79 Å². The molecule has 1 aromatic rings. The summed E-state index contributed by atoms with van der Waals surface area (Å²) in [7, 11) is 0. The molecule has 0 radical (unpaired) electrons. The molecule has 0 saturated heterocycles. The summed E-state index contributed by atoms with van der Waals surface area (Å²) in [4.78, 5) is 13.5. The van der Waals surface area contributed by atoms with E-state index in [1.54, 1.807) is 18.2 Å². The molecule has 1 aromatic carbocycles. The first-order chi connectivity index (χ1) is 7.69. The van der Waals surface area contributed by atoms with E-state index in [0.29, 0.717) is 24.2 Å². The van der Waals surface area contributed by atoms with Gasteiger partial charge in [0.2, 0.25) is 6.08 Å². The zero-order chi connectivity index (χ0) is 12.0. The zero-order valence-electron chi connectivity index (χ0n) is 8.71. The SMILES string of the molecule is NCCC(O)C(O)c1cccc(N=C=O)c1. The van der Waals surface area contributed by atoms with Gasteiger partial charge >= 0.3 is 0 Å². The summed E-state index contributed by atoms with van der Waals surface area (Å²) >= 11 is 0. The molecule has 0 spiro atoms. The predicted molar refractivity (Wildman–Crippen MR) is 58.9 cm³/mol. The van der Waals surface area contributed by atoms with Gasteiger partial charge in [0.1, 0.15) is 6.10 Å². The monoisotopic (exact) mass is 222 g/mol. The minimum atomic E-state index is -1.02. The molecule has 16 heavy (non-hydrogen) atoms. The molecule has 0 heterocycles. The van der Waals surface area contributed by atoms with Gasteiger partial charge in [0, 0.05) is 0 Å². The van der Waals surface area contributed by atoms with E-state index in [1.807, 2.05) is 0 Å². The normalized spacial score (nSPS) is 13.9. The van der Waals surface area contributed by atoms with Crippen molar-refractivity contribution in [3.63, 3.8) is 0 Å². The number of hydrogen-bond donors (Lipinski definition) is 3. The number of isocyanates is 1. The van der Waals surface area contributed by atoms with Crippen LogP contribution in [0.1, 0.15) is 18.1 Å². The zero-order valence-corrected chi connectivity index (χ0v) is 8.71. The van der Waals surface area contributed by atoms with Crippen LogP contribution in [0.15, 0.2) is 29.3 Å². The van der Waals surface area contributed by atoms with E-state index in [1.165, 1.54) is 12.1 Å². The summed E-state index contributed by atoms with van der Waals surface area (Å²) in [5, 5.41) is 19.3. The van der Waals surface area contributed by atoms with Crippen LogP contribution in [-0.2, 0) is 4.79 Å². The molecule has 0 aromatic heterocycles. The fourth-order valence-corrected chi connectivity index (χ4v) is 1.38. The lowest BCUT2D eigenvalue weighted by Gasteiger charge is -2.17. The van der Waals surface area contributed by atoms with Crippen molar-refractivity contribution < 1.29 is 15.0 Å². The number of hydrogen-bond acceptors (Lipinski definition) is 5. The molecule has 0 saturated carbocycles. The van der Waals surface area contributed by atoms with Crippen molar-refractivity contribution in [2.45, 2.75) is 18.6 Å². The third-order valence-electron chi connectivity index (χ3n) is 2.21. The van der Waals surface area contributed by atoms with Crippen molar-refractivity contribution in [2.75, 3.05) is 6.54 Å². The highest BCUT2D eigenvalue weighted by Crippen LogP contribution is 2.22. The summed E-state index contributed by atoms with van der Waals surface area (Å²) in [6, 6.07) is 6.42. The van der Waals surface area contributed by atoms with Crippen LogP contribution < -0.4 is 5.73 Å². The van der Waals surface area contributed by atoms with Gasteiger partial charge in [-0.1, -0.05) is 12.1 Å². The number of rotatable bonds is 5. The Bertz CT molecular complexity index is 389. The van der Waals surface area contributed by atoms with E-state index in [9.17, 15) is 15.0 Å². The highest BCUT2D eigenvalue weighted by Gasteiger charge is 2.17. The number of nitrogens with zero attached hydrogens (tertiary/aromatic N) is 1. The number of nitrogens with two attached hydrogens (primary N) is 1. The first-order valence-electron chi connectivity index (χ1n) is 4.93. The lowest BCUT2D eigenvalue weighted by Crippen LogP contribution is -2.21. The van der Waals surface area contributed by atoms with E-state index in [4.69, 9.17) is 5.73 Å². The van der Waals surface area contributed by atoms with Crippen LogP contribution in [0.3, 0.4) is 0 Å². The molecule has 0 amide bonds. The lowest BCUT2D eigenvalue weighted by atomic mass is 10.0. The molecular formula is C11H14N2O3. The molecular weight excluding hydrogens is 208 g/mol. The molecule has 5 heteroatoms. The van der Waals surface area contributed by atoms with Crippen LogP contribution in [0, 0.1) is 0 Å². The molecule has 1 rings (SSSR count). The number of aliphatic hydroxyl groups is 2. The maximum atomic E-state index is 10.1. The fraction of sp³-hybridized carbons (Fsp3) is 0.364. The van der Waals surface area contributed by atoms with Crippen LogP contribution in [0.25, 0.3) is 0 Å². The highest BCUT2D eigenvalue weighted by molar-refractivity contribution is 5.50. The Kier molecular flexibility index (Phi) is 4.82. The number of carbonyl (C=O) groups excluding carboxylic acids is 1. The molecule has 86 valence electrons. The maximum absolute atomic E-state index is 10.1. The third kappa shape index (κ3) is 3.25. The average molecular weight is 222 g/mol. The van der Waals surface area contributed by atoms with Gasteiger partial charge in [-0.2, -0.15) is 4.99 Å².